The number of anilines is 1. The van der Waals surface area contributed by atoms with E-state index in [-0.39, 0.29) is 18.4 Å². The Labute approximate surface area is 180 Å². The van der Waals surface area contributed by atoms with Gasteiger partial charge in [-0.15, -0.1) is 0 Å². The Morgan fingerprint density at radius 2 is 1.65 bits per heavy atom. The van der Waals surface area contributed by atoms with Crippen LogP contribution in [0.25, 0.3) is 0 Å². The first-order valence-corrected chi connectivity index (χ1v) is 9.66. The molecule has 0 unspecified atom stereocenters. The molecule has 7 nitrogen and oxygen atoms in total. The molecule has 0 aliphatic heterocycles. The van der Waals surface area contributed by atoms with Crippen molar-refractivity contribution in [1.82, 2.24) is 5.32 Å². The van der Waals surface area contributed by atoms with E-state index < -0.39 is 0 Å². The predicted octanol–water partition coefficient (Wildman–Crippen LogP) is 3.65. The summed E-state index contributed by atoms with van der Waals surface area (Å²) in [5.41, 5.74) is 1.96. The van der Waals surface area contributed by atoms with Crippen molar-refractivity contribution in [3.63, 3.8) is 0 Å². The van der Waals surface area contributed by atoms with Gasteiger partial charge in [0.2, 0.25) is 0 Å². The molecule has 0 atom stereocenters. The van der Waals surface area contributed by atoms with E-state index >= 15 is 0 Å². The van der Waals surface area contributed by atoms with E-state index in [4.69, 9.17) is 14.2 Å². The van der Waals surface area contributed by atoms with Crippen molar-refractivity contribution in [1.29, 1.82) is 0 Å². The van der Waals surface area contributed by atoms with Crippen LogP contribution in [-0.2, 0) is 11.3 Å². The molecule has 0 bridgehead atoms. The molecule has 0 aliphatic rings. The zero-order valence-electron chi connectivity index (χ0n) is 17.4. The van der Waals surface area contributed by atoms with Crippen molar-refractivity contribution in [2.24, 2.45) is 0 Å². The summed E-state index contributed by atoms with van der Waals surface area (Å²) in [7, 11) is 3.06. The number of carbonyl (C=O) groups excluding carboxylic acids is 2. The van der Waals surface area contributed by atoms with Gasteiger partial charge in [-0.25, -0.2) is 0 Å². The summed E-state index contributed by atoms with van der Waals surface area (Å²) >= 11 is 0. The van der Waals surface area contributed by atoms with Crippen LogP contribution in [0.4, 0.5) is 5.69 Å². The quantitative estimate of drug-likeness (QED) is 0.552. The molecule has 3 aromatic rings. The molecule has 2 N–H and O–H groups in total. The predicted molar refractivity (Wildman–Crippen MR) is 118 cm³/mol. The lowest BCUT2D eigenvalue weighted by Gasteiger charge is -2.12. The lowest BCUT2D eigenvalue weighted by atomic mass is 10.2. The monoisotopic (exact) mass is 420 g/mol. The van der Waals surface area contributed by atoms with Crippen LogP contribution in [0.2, 0.25) is 0 Å². The van der Waals surface area contributed by atoms with Crippen LogP contribution >= 0.6 is 0 Å². The number of nitrogens with one attached hydrogen (secondary N) is 2. The first-order valence-electron chi connectivity index (χ1n) is 9.66. The van der Waals surface area contributed by atoms with Crippen LogP contribution in [0.15, 0.2) is 72.8 Å². The maximum atomic E-state index is 12.4. The number of amides is 2. The highest BCUT2D eigenvalue weighted by molar-refractivity contribution is 5.95. The smallest absolute Gasteiger partial charge is 0.262 e. The number of ether oxygens (including phenoxy) is 3. The van der Waals surface area contributed by atoms with Gasteiger partial charge in [-0.05, 0) is 35.9 Å². The van der Waals surface area contributed by atoms with Crippen molar-refractivity contribution in [2.75, 3.05) is 26.1 Å². The molecule has 31 heavy (non-hydrogen) atoms. The first-order chi connectivity index (χ1) is 15.1. The Bertz CT molecular complexity index is 1040. The molecule has 3 aromatic carbocycles. The Kier molecular flexibility index (Phi) is 7.48. The average molecular weight is 420 g/mol. The van der Waals surface area contributed by atoms with Gasteiger partial charge in [-0.1, -0.05) is 36.4 Å². The summed E-state index contributed by atoms with van der Waals surface area (Å²) in [6.45, 7) is 0.209. The molecule has 0 spiro atoms. The summed E-state index contributed by atoms with van der Waals surface area (Å²) in [5.74, 6) is 0.937. The van der Waals surface area contributed by atoms with Crippen molar-refractivity contribution < 1.29 is 23.8 Å². The summed E-state index contributed by atoms with van der Waals surface area (Å²) < 4.78 is 16.0. The molecule has 2 amide bonds. The van der Waals surface area contributed by atoms with Crippen LogP contribution in [-0.4, -0.2) is 32.6 Å². The second kappa shape index (κ2) is 10.7. The van der Waals surface area contributed by atoms with E-state index in [9.17, 15) is 9.59 Å². The zero-order valence-corrected chi connectivity index (χ0v) is 17.4. The van der Waals surface area contributed by atoms with Crippen molar-refractivity contribution in [3.8, 4) is 17.2 Å². The van der Waals surface area contributed by atoms with E-state index in [2.05, 4.69) is 10.6 Å². The highest BCUT2D eigenvalue weighted by Crippen LogP contribution is 2.29. The highest BCUT2D eigenvalue weighted by atomic mass is 16.5. The number of benzene rings is 3. The van der Waals surface area contributed by atoms with Crippen LogP contribution in [0.1, 0.15) is 15.9 Å². The topological polar surface area (TPSA) is 85.9 Å². The van der Waals surface area contributed by atoms with Crippen LogP contribution in [0.3, 0.4) is 0 Å². The standard InChI is InChI=1S/C24H24N2O5/c1-29-19-11-12-21(22(14-19)30-2)26-23(27)16-31-20-10-6-9-18(13-20)24(28)25-15-17-7-4-3-5-8-17/h3-14H,15-16H2,1-2H3,(H,25,28)(H,26,27). The van der Waals surface area contributed by atoms with Crippen molar-refractivity contribution in [3.05, 3.63) is 83.9 Å². The van der Waals surface area contributed by atoms with Gasteiger partial charge in [0.05, 0.1) is 19.9 Å². The second-order valence-electron chi connectivity index (χ2n) is 6.60. The molecular weight excluding hydrogens is 396 g/mol. The van der Waals surface area contributed by atoms with E-state index in [1.807, 2.05) is 30.3 Å². The number of hydrogen-bond donors (Lipinski definition) is 2. The normalized spacial score (nSPS) is 10.1. The van der Waals surface area contributed by atoms with E-state index in [1.54, 1.807) is 49.6 Å². The molecule has 0 heterocycles. The Morgan fingerprint density at radius 1 is 0.839 bits per heavy atom. The molecule has 0 saturated carbocycles. The van der Waals surface area contributed by atoms with Crippen LogP contribution < -0.4 is 24.8 Å². The van der Waals surface area contributed by atoms with Crippen LogP contribution in [0.5, 0.6) is 17.2 Å². The Balaban J connectivity index is 1.55. The first kappa shape index (κ1) is 21.7. The van der Waals surface area contributed by atoms with Gasteiger partial charge in [-0.2, -0.15) is 0 Å². The Hall–Kier alpha value is -4.00. The molecule has 0 aliphatic carbocycles. The molecule has 0 aromatic heterocycles. The minimum atomic E-state index is -0.359. The minimum absolute atomic E-state index is 0.218. The Morgan fingerprint density at radius 3 is 2.39 bits per heavy atom. The van der Waals surface area contributed by atoms with Gasteiger partial charge in [0.25, 0.3) is 11.8 Å². The molecule has 0 fully saturated rings. The molecule has 0 radical (unpaired) electrons. The fourth-order valence-electron chi connectivity index (χ4n) is 2.84. The average Bonchev–Trinajstić information content (AvgIpc) is 2.82. The lowest BCUT2D eigenvalue weighted by molar-refractivity contribution is -0.118. The second-order valence-corrected chi connectivity index (χ2v) is 6.60. The van der Waals surface area contributed by atoms with Gasteiger partial charge in [0.15, 0.2) is 6.61 Å². The van der Waals surface area contributed by atoms with Gasteiger partial charge < -0.3 is 24.8 Å². The molecule has 0 saturated heterocycles. The van der Waals surface area contributed by atoms with E-state index in [1.165, 1.54) is 7.11 Å². The summed E-state index contributed by atoms with van der Waals surface area (Å²) in [6, 6.07) is 21.4. The van der Waals surface area contributed by atoms with Crippen molar-refractivity contribution >= 4 is 17.5 Å². The third-order valence-electron chi connectivity index (χ3n) is 4.44. The van der Waals surface area contributed by atoms with Crippen LogP contribution in [0, 0.1) is 0 Å². The van der Waals surface area contributed by atoms with E-state index in [0.29, 0.717) is 35.0 Å². The summed E-state index contributed by atoms with van der Waals surface area (Å²) in [5, 5.41) is 5.60. The maximum absolute atomic E-state index is 12.4. The SMILES string of the molecule is COc1ccc(NC(=O)COc2cccc(C(=O)NCc3ccccc3)c2)c(OC)c1. The molecule has 7 heteroatoms. The molecule has 160 valence electrons. The fourth-order valence-corrected chi connectivity index (χ4v) is 2.84. The van der Waals surface area contributed by atoms with E-state index in [0.717, 1.165) is 5.56 Å². The number of carbonyl (C=O) groups is 2. The third kappa shape index (κ3) is 6.24. The number of rotatable bonds is 9. The summed E-state index contributed by atoms with van der Waals surface area (Å²) in [4.78, 5) is 24.7. The lowest BCUT2D eigenvalue weighted by Crippen LogP contribution is -2.23. The highest BCUT2D eigenvalue weighted by Gasteiger charge is 2.11. The maximum Gasteiger partial charge on any atom is 0.262 e. The van der Waals surface area contributed by atoms with Gasteiger partial charge >= 0.3 is 0 Å². The fraction of sp³-hybridized carbons (Fsp3) is 0.167. The largest absolute Gasteiger partial charge is 0.497 e. The minimum Gasteiger partial charge on any atom is -0.497 e. The number of methoxy groups -OCH3 is 2. The zero-order chi connectivity index (χ0) is 22.1. The third-order valence-corrected chi connectivity index (χ3v) is 4.44. The molecular formula is C24H24N2O5. The van der Waals surface area contributed by atoms with Crippen molar-refractivity contribution in [2.45, 2.75) is 6.54 Å². The molecule has 3 rings (SSSR count). The van der Waals surface area contributed by atoms with Gasteiger partial charge in [0, 0.05) is 18.2 Å². The van der Waals surface area contributed by atoms with Gasteiger partial charge in [0.1, 0.15) is 17.2 Å². The van der Waals surface area contributed by atoms with Gasteiger partial charge in [-0.3, -0.25) is 9.59 Å². The number of hydrogen-bond acceptors (Lipinski definition) is 5. The summed E-state index contributed by atoms with van der Waals surface area (Å²) in [6.07, 6.45) is 0.